The molecule has 98 valence electrons. The summed E-state index contributed by atoms with van der Waals surface area (Å²) < 4.78 is 18.1. The Bertz CT molecular complexity index is 569. The van der Waals surface area contributed by atoms with Crippen LogP contribution in [-0.4, -0.2) is 6.04 Å². The van der Waals surface area contributed by atoms with E-state index >= 15 is 0 Å². The molecule has 0 aliphatic heterocycles. The first-order valence-electron chi connectivity index (χ1n) is 6.14. The van der Waals surface area contributed by atoms with Crippen molar-refractivity contribution in [2.45, 2.75) is 25.9 Å². The molecule has 2 aromatic rings. The van der Waals surface area contributed by atoms with E-state index in [0.29, 0.717) is 12.3 Å². The second-order valence-electron chi connectivity index (χ2n) is 4.49. The van der Waals surface area contributed by atoms with Crippen LogP contribution >= 0.6 is 0 Å². The van der Waals surface area contributed by atoms with Gasteiger partial charge in [0.2, 0.25) is 5.76 Å². The van der Waals surface area contributed by atoms with Crippen LogP contribution in [-0.2, 0) is 13.0 Å². The second-order valence-corrected chi connectivity index (χ2v) is 4.49. The number of nitrogens with one attached hydrogen (secondary N) is 1. The Kier molecular flexibility index (Phi) is 4.32. The number of benzene rings is 1. The Hall–Kier alpha value is -2.12. The lowest BCUT2D eigenvalue weighted by Gasteiger charge is -2.12. The highest BCUT2D eigenvalue weighted by Gasteiger charge is 2.06. The number of hydrogen-bond donors (Lipinski definition) is 1. The molecule has 0 fully saturated rings. The molecule has 3 nitrogen and oxygen atoms in total. The third-order valence-electron chi connectivity index (χ3n) is 2.85. The zero-order valence-electron chi connectivity index (χ0n) is 10.7. The summed E-state index contributed by atoms with van der Waals surface area (Å²) in [5, 5.41) is 12.0. The summed E-state index contributed by atoms with van der Waals surface area (Å²) in [6.07, 6.45) is 0.812. The van der Waals surface area contributed by atoms with Gasteiger partial charge in [-0.3, -0.25) is 0 Å². The van der Waals surface area contributed by atoms with Gasteiger partial charge in [0.15, 0.2) is 0 Å². The van der Waals surface area contributed by atoms with Crippen LogP contribution < -0.4 is 5.32 Å². The van der Waals surface area contributed by atoms with Gasteiger partial charge in [0.05, 0.1) is 6.54 Å². The van der Waals surface area contributed by atoms with E-state index in [9.17, 15) is 4.39 Å². The highest BCUT2D eigenvalue weighted by atomic mass is 19.1. The van der Waals surface area contributed by atoms with Crippen LogP contribution in [0, 0.1) is 17.1 Å². The van der Waals surface area contributed by atoms with Gasteiger partial charge in [-0.15, -0.1) is 0 Å². The molecule has 0 aliphatic rings. The first-order chi connectivity index (χ1) is 9.17. The number of hydrogen-bond acceptors (Lipinski definition) is 3. The zero-order valence-corrected chi connectivity index (χ0v) is 10.7. The summed E-state index contributed by atoms with van der Waals surface area (Å²) in [5.41, 5.74) is 1.08. The smallest absolute Gasteiger partial charge is 0.203 e. The summed E-state index contributed by atoms with van der Waals surface area (Å²) in [6.45, 7) is 2.63. The molecule has 0 bridgehead atoms. The molecule has 0 spiro atoms. The molecule has 2 rings (SSSR count). The lowest BCUT2D eigenvalue weighted by molar-refractivity contribution is 0.447. The Balaban J connectivity index is 1.83. The highest BCUT2D eigenvalue weighted by Crippen LogP contribution is 2.08. The van der Waals surface area contributed by atoms with Gasteiger partial charge in [0, 0.05) is 6.04 Å². The maximum absolute atomic E-state index is 12.8. The third kappa shape index (κ3) is 3.94. The second kappa shape index (κ2) is 6.17. The molecule has 1 N–H and O–H groups in total. The number of halogens is 1. The Labute approximate surface area is 111 Å². The van der Waals surface area contributed by atoms with Crippen LogP contribution in [0.15, 0.2) is 40.8 Å². The van der Waals surface area contributed by atoms with Crippen molar-refractivity contribution >= 4 is 0 Å². The summed E-state index contributed by atoms with van der Waals surface area (Å²) in [5.74, 6) is 0.842. The molecule has 1 atom stereocenters. The monoisotopic (exact) mass is 258 g/mol. The average molecular weight is 258 g/mol. The SMILES string of the molecule is CC(Cc1ccc(F)cc1)NCc1ccc(C#N)o1. The maximum Gasteiger partial charge on any atom is 0.203 e. The summed E-state index contributed by atoms with van der Waals surface area (Å²) in [7, 11) is 0. The largest absolute Gasteiger partial charge is 0.449 e. The molecule has 0 saturated heterocycles. The minimum Gasteiger partial charge on any atom is -0.449 e. The lowest BCUT2D eigenvalue weighted by Crippen LogP contribution is -2.27. The van der Waals surface area contributed by atoms with Gasteiger partial charge in [-0.1, -0.05) is 12.1 Å². The fourth-order valence-electron chi connectivity index (χ4n) is 1.85. The lowest BCUT2D eigenvalue weighted by atomic mass is 10.1. The molecule has 4 heteroatoms. The first-order valence-corrected chi connectivity index (χ1v) is 6.14. The van der Waals surface area contributed by atoms with Gasteiger partial charge in [-0.25, -0.2) is 4.39 Å². The molecule has 1 aromatic carbocycles. The number of furan rings is 1. The van der Waals surface area contributed by atoms with Crippen LogP contribution in [0.25, 0.3) is 0 Å². The molecular formula is C15H15FN2O. The van der Waals surface area contributed by atoms with Crippen molar-refractivity contribution in [2.24, 2.45) is 0 Å². The van der Waals surface area contributed by atoms with Crippen molar-refractivity contribution in [3.8, 4) is 6.07 Å². The van der Waals surface area contributed by atoms with Crippen LogP contribution in [0.4, 0.5) is 4.39 Å². The van der Waals surface area contributed by atoms with Crippen molar-refractivity contribution in [1.29, 1.82) is 5.26 Å². The number of nitriles is 1. The van der Waals surface area contributed by atoms with E-state index in [4.69, 9.17) is 9.68 Å². The molecule has 1 unspecified atom stereocenters. The van der Waals surface area contributed by atoms with E-state index in [0.717, 1.165) is 17.7 Å². The standard InChI is InChI=1S/C15H15FN2O/c1-11(8-12-2-4-13(16)5-3-12)18-10-15-7-6-14(9-17)19-15/h2-7,11,18H,8,10H2,1H3. The van der Waals surface area contributed by atoms with Crippen LogP contribution in [0.2, 0.25) is 0 Å². The predicted octanol–water partition coefficient (Wildman–Crippen LogP) is 3.01. The minimum absolute atomic E-state index is 0.219. The summed E-state index contributed by atoms with van der Waals surface area (Å²) in [6, 6.07) is 12.1. The van der Waals surface area contributed by atoms with E-state index in [-0.39, 0.29) is 11.9 Å². The van der Waals surface area contributed by atoms with Crippen LogP contribution in [0.1, 0.15) is 24.0 Å². The van der Waals surface area contributed by atoms with Gasteiger partial charge < -0.3 is 9.73 Å². The topological polar surface area (TPSA) is 49.0 Å². The van der Waals surface area contributed by atoms with Gasteiger partial charge in [-0.2, -0.15) is 5.26 Å². The normalized spacial score (nSPS) is 12.1. The van der Waals surface area contributed by atoms with E-state index in [1.54, 1.807) is 24.3 Å². The van der Waals surface area contributed by atoms with Crippen molar-refractivity contribution < 1.29 is 8.81 Å². The molecule has 0 saturated carbocycles. The maximum atomic E-state index is 12.8. The van der Waals surface area contributed by atoms with Gasteiger partial charge in [-0.05, 0) is 43.2 Å². The predicted molar refractivity (Wildman–Crippen MR) is 69.8 cm³/mol. The Morgan fingerprint density at radius 3 is 2.63 bits per heavy atom. The fraction of sp³-hybridized carbons (Fsp3) is 0.267. The molecule has 1 aromatic heterocycles. The molecule has 0 amide bonds. The van der Waals surface area contributed by atoms with Crippen molar-refractivity contribution in [1.82, 2.24) is 5.32 Å². The van der Waals surface area contributed by atoms with Gasteiger partial charge >= 0.3 is 0 Å². The molecular weight excluding hydrogens is 243 g/mol. The quantitative estimate of drug-likeness (QED) is 0.896. The first kappa shape index (κ1) is 13.3. The van der Waals surface area contributed by atoms with Crippen molar-refractivity contribution in [3.05, 3.63) is 59.3 Å². The molecule has 1 heterocycles. The minimum atomic E-state index is -0.219. The number of nitrogens with zero attached hydrogens (tertiary/aromatic N) is 1. The molecule has 0 radical (unpaired) electrons. The fourth-order valence-corrected chi connectivity index (χ4v) is 1.85. The van der Waals surface area contributed by atoms with Crippen molar-refractivity contribution in [2.75, 3.05) is 0 Å². The zero-order chi connectivity index (χ0) is 13.7. The van der Waals surface area contributed by atoms with E-state index in [1.807, 2.05) is 6.07 Å². The molecule has 0 aliphatic carbocycles. The van der Waals surface area contributed by atoms with E-state index in [1.165, 1.54) is 12.1 Å². The third-order valence-corrected chi connectivity index (χ3v) is 2.85. The number of rotatable bonds is 5. The van der Waals surface area contributed by atoms with Gasteiger partial charge in [0.25, 0.3) is 0 Å². The molecule has 19 heavy (non-hydrogen) atoms. The van der Waals surface area contributed by atoms with E-state index < -0.39 is 0 Å². The van der Waals surface area contributed by atoms with Crippen LogP contribution in [0.3, 0.4) is 0 Å². The van der Waals surface area contributed by atoms with Crippen molar-refractivity contribution in [3.63, 3.8) is 0 Å². The van der Waals surface area contributed by atoms with Gasteiger partial charge in [0.1, 0.15) is 17.6 Å². The van der Waals surface area contributed by atoms with E-state index in [2.05, 4.69) is 12.2 Å². The Morgan fingerprint density at radius 1 is 1.26 bits per heavy atom. The summed E-state index contributed by atoms with van der Waals surface area (Å²) in [4.78, 5) is 0. The average Bonchev–Trinajstić information content (AvgIpc) is 2.87. The van der Waals surface area contributed by atoms with Crippen LogP contribution in [0.5, 0.6) is 0 Å². The summed E-state index contributed by atoms with van der Waals surface area (Å²) >= 11 is 0. The Morgan fingerprint density at radius 2 is 2.00 bits per heavy atom. The highest BCUT2D eigenvalue weighted by molar-refractivity contribution is 5.19.